The highest BCUT2D eigenvalue weighted by Gasteiger charge is 2.49. The second-order valence-electron chi connectivity index (χ2n) is 9.90. The Morgan fingerprint density at radius 2 is 1.09 bits per heavy atom. The molecule has 0 saturated heterocycles. The summed E-state index contributed by atoms with van der Waals surface area (Å²) in [5.74, 6) is -0.287. The van der Waals surface area contributed by atoms with Crippen LogP contribution in [0.15, 0.2) is 91.0 Å². The van der Waals surface area contributed by atoms with Gasteiger partial charge >= 0.3 is 5.97 Å². The summed E-state index contributed by atoms with van der Waals surface area (Å²) in [5, 5.41) is 2.75. The van der Waals surface area contributed by atoms with Crippen molar-refractivity contribution < 1.29 is 9.53 Å². The fourth-order valence-corrected chi connectivity index (χ4v) is 11.9. The van der Waals surface area contributed by atoms with E-state index in [0.29, 0.717) is 0 Å². The van der Waals surface area contributed by atoms with Crippen LogP contribution >= 0.6 is 0 Å². The Morgan fingerprint density at radius 1 is 0.688 bits per heavy atom. The highest BCUT2D eigenvalue weighted by atomic mass is 28.3. The van der Waals surface area contributed by atoms with Crippen molar-refractivity contribution in [1.29, 1.82) is 0 Å². The maximum atomic E-state index is 13.5. The molecule has 0 amide bonds. The topological polar surface area (TPSA) is 26.3 Å². The van der Waals surface area contributed by atoms with E-state index in [9.17, 15) is 4.79 Å². The number of rotatable bonds is 8. The minimum atomic E-state index is -2.11. The number of hydrogen-bond acceptors (Lipinski definition) is 2. The average Bonchev–Trinajstić information content (AvgIpc) is 2.83. The zero-order valence-electron chi connectivity index (χ0n) is 20.2. The molecule has 0 heterocycles. The quantitative estimate of drug-likeness (QED) is 0.317. The summed E-state index contributed by atoms with van der Waals surface area (Å²) in [6, 6.07) is 32.2. The van der Waals surface area contributed by atoms with Crippen LogP contribution in [-0.2, 0) is 9.53 Å². The first kappa shape index (κ1) is 24.2. The van der Waals surface area contributed by atoms with Crippen LogP contribution in [0.25, 0.3) is 0 Å². The molecule has 3 aromatic carbocycles. The van der Waals surface area contributed by atoms with Gasteiger partial charge in [-0.1, -0.05) is 134 Å². The first-order valence-corrected chi connectivity index (χ1v) is 17.6. The van der Waals surface area contributed by atoms with E-state index in [1.54, 1.807) is 0 Å². The van der Waals surface area contributed by atoms with Gasteiger partial charge in [-0.2, -0.15) is 0 Å². The van der Waals surface area contributed by atoms with Crippen molar-refractivity contribution in [1.82, 2.24) is 0 Å². The van der Waals surface area contributed by atoms with Crippen LogP contribution < -0.4 is 10.4 Å². The highest BCUT2D eigenvalue weighted by Crippen LogP contribution is 2.44. The second kappa shape index (κ2) is 10.0. The lowest BCUT2D eigenvalue weighted by Crippen LogP contribution is -2.56. The van der Waals surface area contributed by atoms with Crippen molar-refractivity contribution in [3.05, 3.63) is 96.6 Å². The Kier molecular flexibility index (Phi) is 7.57. The van der Waals surface area contributed by atoms with Crippen LogP contribution in [0.5, 0.6) is 0 Å². The Labute approximate surface area is 195 Å². The van der Waals surface area contributed by atoms with Crippen molar-refractivity contribution in [2.75, 3.05) is 7.11 Å². The van der Waals surface area contributed by atoms with Gasteiger partial charge in [0.25, 0.3) is 0 Å². The predicted octanol–water partition coefficient (Wildman–Crippen LogP) is 5.72. The largest absolute Gasteiger partial charge is 0.469 e. The first-order valence-electron chi connectivity index (χ1n) is 11.4. The van der Waals surface area contributed by atoms with Crippen molar-refractivity contribution in [2.45, 2.75) is 44.2 Å². The zero-order valence-corrected chi connectivity index (χ0v) is 22.2. The zero-order chi connectivity index (χ0) is 23.4. The lowest BCUT2D eigenvalue weighted by Gasteiger charge is -2.44. The summed E-state index contributed by atoms with van der Waals surface area (Å²) in [5.41, 5.74) is 1.57. The van der Waals surface area contributed by atoms with Gasteiger partial charge in [-0.05, 0) is 16.6 Å². The van der Waals surface area contributed by atoms with Crippen molar-refractivity contribution >= 4 is 32.5 Å². The fourth-order valence-electron chi connectivity index (χ4n) is 5.13. The summed E-state index contributed by atoms with van der Waals surface area (Å²) in [4.78, 5) is 13.5. The van der Waals surface area contributed by atoms with Gasteiger partial charge in [0, 0.05) is 0 Å². The molecule has 0 saturated carbocycles. The SMILES string of the molecule is COC(=O)[C@H]([C@@H](c1ccccc1)[Si](C)(C)c1ccccc1)[C@H](C)[Si](C)(C)c1ccccc1. The molecule has 0 aliphatic rings. The lowest BCUT2D eigenvalue weighted by atomic mass is 9.95. The Hall–Kier alpha value is -2.44. The van der Waals surface area contributed by atoms with Gasteiger partial charge in [-0.15, -0.1) is 0 Å². The summed E-state index contributed by atoms with van der Waals surface area (Å²) >= 11 is 0. The van der Waals surface area contributed by atoms with Gasteiger partial charge < -0.3 is 4.74 Å². The van der Waals surface area contributed by atoms with Gasteiger partial charge in [0.1, 0.15) is 0 Å². The molecule has 32 heavy (non-hydrogen) atoms. The van der Waals surface area contributed by atoms with Gasteiger partial charge in [-0.25, -0.2) is 0 Å². The van der Waals surface area contributed by atoms with Gasteiger partial charge in [0.05, 0.1) is 29.2 Å². The second-order valence-corrected chi connectivity index (χ2v) is 19.5. The Balaban J connectivity index is 2.19. The molecule has 2 nitrogen and oxygen atoms in total. The molecule has 0 unspecified atom stereocenters. The minimum Gasteiger partial charge on any atom is -0.469 e. The molecule has 4 heteroatoms. The van der Waals surface area contributed by atoms with Crippen LogP contribution in [-0.4, -0.2) is 29.2 Å². The van der Waals surface area contributed by atoms with Gasteiger partial charge in [0.2, 0.25) is 0 Å². The Morgan fingerprint density at radius 3 is 1.53 bits per heavy atom. The number of carbonyl (C=O) groups is 1. The molecule has 3 rings (SSSR count). The molecule has 0 bridgehead atoms. The molecule has 0 aliphatic carbocycles. The van der Waals surface area contributed by atoms with Crippen LogP contribution in [0.3, 0.4) is 0 Å². The number of methoxy groups -OCH3 is 1. The number of esters is 1. The van der Waals surface area contributed by atoms with E-state index in [2.05, 4.69) is 124 Å². The molecular weight excluding hydrogens is 424 g/mol. The van der Waals surface area contributed by atoms with Crippen molar-refractivity contribution in [3.8, 4) is 0 Å². The van der Waals surface area contributed by atoms with Gasteiger partial charge in [-0.3, -0.25) is 4.79 Å². The third-order valence-corrected chi connectivity index (χ3v) is 16.0. The molecule has 0 aromatic heterocycles. The van der Waals surface area contributed by atoms with E-state index >= 15 is 0 Å². The van der Waals surface area contributed by atoms with Crippen molar-refractivity contribution in [3.63, 3.8) is 0 Å². The number of benzene rings is 3. The molecule has 3 atom stereocenters. The molecule has 0 N–H and O–H groups in total. The van der Waals surface area contributed by atoms with E-state index in [1.807, 2.05) is 0 Å². The molecular formula is C28H36O2Si2. The maximum Gasteiger partial charge on any atom is 0.308 e. The molecule has 0 aliphatic heterocycles. The van der Waals surface area contributed by atoms with E-state index in [1.165, 1.54) is 23.0 Å². The third-order valence-electron chi connectivity index (χ3n) is 7.48. The Bertz CT molecular complexity index is 1000. The van der Waals surface area contributed by atoms with E-state index in [4.69, 9.17) is 4.74 Å². The summed E-state index contributed by atoms with van der Waals surface area (Å²) in [6.07, 6.45) is 0. The summed E-state index contributed by atoms with van der Waals surface area (Å²) in [6.45, 7) is 11.9. The molecule has 0 fully saturated rings. The average molecular weight is 461 g/mol. The maximum absolute atomic E-state index is 13.5. The standard InChI is InChI=1S/C28H36O2Si2/c1-22(31(3,4)24-18-12-8-13-19-24)26(28(29)30-2)27(23-16-10-7-11-17-23)32(5,6)25-20-14-9-15-21-25/h7-22,26-27H,1-6H3/t22-,26-,27+/m0/s1. The molecule has 0 radical (unpaired) electrons. The molecule has 168 valence electrons. The third kappa shape index (κ3) is 4.81. The van der Waals surface area contributed by atoms with Crippen molar-refractivity contribution in [2.24, 2.45) is 5.92 Å². The number of ether oxygens (including phenoxy) is 1. The van der Waals surface area contributed by atoms with Gasteiger partial charge in [0.15, 0.2) is 0 Å². The van der Waals surface area contributed by atoms with Crippen LogP contribution in [0.1, 0.15) is 18.0 Å². The predicted molar refractivity (Wildman–Crippen MR) is 141 cm³/mol. The van der Waals surface area contributed by atoms with E-state index < -0.39 is 16.1 Å². The molecule has 3 aromatic rings. The molecule has 0 spiro atoms. The summed E-state index contributed by atoms with van der Waals surface area (Å²) in [7, 11) is -2.55. The van der Waals surface area contributed by atoms with Crippen LogP contribution in [0.2, 0.25) is 31.7 Å². The van der Waals surface area contributed by atoms with Crippen LogP contribution in [0.4, 0.5) is 0 Å². The lowest BCUT2D eigenvalue weighted by molar-refractivity contribution is -0.145. The van der Waals surface area contributed by atoms with Crippen LogP contribution in [0, 0.1) is 5.92 Å². The first-order chi connectivity index (χ1) is 15.2. The van der Waals surface area contributed by atoms with E-state index in [0.717, 1.165) is 0 Å². The number of hydrogen-bond donors (Lipinski definition) is 0. The minimum absolute atomic E-state index is 0.0839. The summed E-state index contributed by atoms with van der Waals surface area (Å²) < 4.78 is 5.50. The smallest absolute Gasteiger partial charge is 0.308 e. The fraction of sp³-hybridized carbons (Fsp3) is 0.321. The highest BCUT2D eigenvalue weighted by molar-refractivity contribution is 6.92. The number of carbonyl (C=O) groups excluding carboxylic acids is 1. The van der Waals surface area contributed by atoms with E-state index in [-0.39, 0.29) is 23.0 Å². The monoisotopic (exact) mass is 460 g/mol. The normalized spacial score (nSPS) is 14.9.